The number of carbonyl (C=O) groups is 1. The Labute approximate surface area is 130 Å². The summed E-state index contributed by atoms with van der Waals surface area (Å²) in [5.41, 5.74) is 0. The van der Waals surface area contributed by atoms with Gasteiger partial charge < -0.3 is 9.84 Å². The van der Waals surface area contributed by atoms with Gasteiger partial charge in [0.2, 0.25) is 0 Å². The lowest BCUT2D eigenvalue weighted by atomic mass is 10.1. The van der Waals surface area contributed by atoms with E-state index in [-0.39, 0.29) is 6.04 Å². The Hall–Kier alpha value is -2.07. The summed E-state index contributed by atoms with van der Waals surface area (Å²) in [6.07, 6.45) is 2.58. The minimum atomic E-state index is -0.701. The zero-order valence-electron chi connectivity index (χ0n) is 12.6. The van der Waals surface area contributed by atoms with Crippen molar-refractivity contribution in [3.05, 3.63) is 42.5 Å². The third kappa shape index (κ3) is 3.39. The Balaban J connectivity index is 1.49. The highest BCUT2D eigenvalue weighted by Gasteiger charge is 2.29. The van der Waals surface area contributed by atoms with Gasteiger partial charge in [-0.1, -0.05) is 30.3 Å². The van der Waals surface area contributed by atoms with Gasteiger partial charge in [-0.25, -0.2) is 0 Å². The quantitative estimate of drug-likeness (QED) is 0.832. The third-order valence-corrected chi connectivity index (χ3v) is 4.23. The van der Waals surface area contributed by atoms with Gasteiger partial charge in [-0.05, 0) is 48.7 Å². The monoisotopic (exact) mass is 299 g/mol. The van der Waals surface area contributed by atoms with Gasteiger partial charge >= 0.3 is 5.97 Å². The number of hydrogen-bond acceptors (Lipinski definition) is 3. The molecule has 4 heteroatoms. The third-order valence-electron chi connectivity index (χ3n) is 4.23. The van der Waals surface area contributed by atoms with E-state index in [4.69, 9.17) is 9.84 Å². The lowest BCUT2D eigenvalue weighted by Gasteiger charge is -2.20. The highest BCUT2D eigenvalue weighted by atomic mass is 16.5. The van der Waals surface area contributed by atoms with Gasteiger partial charge in [0.15, 0.2) is 0 Å². The van der Waals surface area contributed by atoms with E-state index < -0.39 is 5.97 Å². The molecular weight excluding hydrogens is 278 g/mol. The van der Waals surface area contributed by atoms with Crippen molar-refractivity contribution < 1.29 is 14.6 Å². The molecule has 1 aliphatic heterocycles. The molecule has 116 valence electrons. The molecule has 0 saturated carbocycles. The maximum absolute atomic E-state index is 11.1. The number of nitrogens with zero attached hydrogens (tertiary/aromatic N) is 1. The molecule has 0 aliphatic carbocycles. The van der Waals surface area contributed by atoms with E-state index in [9.17, 15) is 4.79 Å². The molecule has 1 saturated heterocycles. The molecule has 0 aromatic heterocycles. The number of fused-ring (bicyclic) bond motifs is 1. The molecule has 2 aromatic carbocycles. The van der Waals surface area contributed by atoms with Crippen molar-refractivity contribution in [2.75, 3.05) is 19.7 Å². The van der Waals surface area contributed by atoms with Crippen LogP contribution in [-0.4, -0.2) is 41.7 Å². The van der Waals surface area contributed by atoms with Crippen molar-refractivity contribution in [2.24, 2.45) is 0 Å². The number of ether oxygens (including phenoxy) is 1. The van der Waals surface area contributed by atoms with Gasteiger partial charge in [-0.15, -0.1) is 0 Å². The average Bonchev–Trinajstić information content (AvgIpc) is 3.00. The van der Waals surface area contributed by atoms with Gasteiger partial charge in [0.25, 0.3) is 0 Å². The summed E-state index contributed by atoms with van der Waals surface area (Å²) in [6.45, 7) is 2.28. The van der Waals surface area contributed by atoms with E-state index >= 15 is 0 Å². The molecule has 4 nitrogen and oxygen atoms in total. The topological polar surface area (TPSA) is 49.8 Å². The molecule has 1 unspecified atom stereocenters. The lowest BCUT2D eigenvalue weighted by molar-refractivity contribution is -0.142. The highest BCUT2D eigenvalue weighted by molar-refractivity contribution is 5.83. The molecule has 22 heavy (non-hydrogen) atoms. The van der Waals surface area contributed by atoms with Crippen molar-refractivity contribution in [2.45, 2.75) is 25.3 Å². The van der Waals surface area contributed by atoms with Gasteiger partial charge in [-0.3, -0.25) is 9.69 Å². The van der Waals surface area contributed by atoms with Crippen LogP contribution in [0.25, 0.3) is 10.8 Å². The van der Waals surface area contributed by atoms with Crippen LogP contribution >= 0.6 is 0 Å². The van der Waals surface area contributed by atoms with Crippen molar-refractivity contribution in [1.82, 2.24) is 4.90 Å². The Morgan fingerprint density at radius 3 is 2.86 bits per heavy atom. The summed E-state index contributed by atoms with van der Waals surface area (Å²) in [7, 11) is 0. The van der Waals surface area contributed by atoms with Gasteiger partial charge in [-0.2, -0.15) is 0 Å². The normalized spacial score (nSPS) is 18.6. The van der Waals surface area contributed by atoms with Crippen LogP contribution < -0.4 is 4.74 Å². The van der Waals surface area contributed by atoms with Crippen LogP contribution in [-0.2, 0) is 4.79 Å². The molecule has 0 spiro atoms. The molecule has 1 N–H and O–H groups in total. The maximum atomic E-state index is 11.1. The highest BCUT2D eigenvalue weighted by Crippen LogP contribution is 2.21. The van der Waals surface area contributed by atoms with E-state index in [1.54, 1.807) is 0 Å². The molecule has 3 rings (SSSR count). The molecule has 1 fully saturated rings. The first-order valence-corrected chi connectivity index (χ1v) is 7.82. The fourth-order valence-corrected chi connectivity index (χ4v) is 3.09. The van der Waals surface area contributed by atoms with E-state index in [1.807, 2.05) is 29.2 Å². The molecule has 0 amide bonds. The number of likely N-dealkylation sites (tertiary alicyclic amines) is 1. The van der Waals surface area contributed by atoms with E-state index in [2.05, 4.69) is 18.2 Å². The van der Waals surface area contributed by atoms with E-state index in [1.165, 1.54) is 10.8 Å². The number of carboxylic acid groups (broad SMARTS) is 1. The fourth-order valence-electron chi connectivity index (χ4n) is 3.09. The van der Waals surface area contributed by atoms with Crippen LogP contribution in [0.3, 0.4) is 0 Å². The second-order valence-electron chi connectivity index (χ2n) is 5.74. The number of rotatable bonds is 6. The molecule has 1 heterocycles. The van der Waals surface area contributed by atoms with Crippen molar-refractivity contribution in [1.29, 1.82) is 0 Å². The predicted octanol–water partition coefficient (Wildman–Crippen LogP) is 3.16. The van der Waals surface area contributed by atoms with Crippen molar-refractivity contribution >= 4 is 16.7 Å². The molecule has 0 radical (unpaired) electrons. The number of benzene rings is 2. The minimum absolute atomic E-state index is 0.305. The van der Waals surface area contributed by atoms with Gasteiger partial charge in [0.1, 0.15) is 11.8 Å². The van der Waals surface area contributed by atoms with Crippen LogP contribution in [0.2, 0.25) is 0 Å². The van der Waals surface area contributed by atoms with Crippen LogP contribution in [0, 0.1) is 0 Å². The smallest absolute Gasteiger partial charge is 0.320 e. The van der Waals surface area contributed by atoms with Crippen LogP contribution in [0.15, 0.2) is 42.5 Å². The Kier molecular flexibility index (Phi) is 4.59. The maximum Gasteiger partial charge on any atom is 0.320 e. The van der Waals surface area contributed by atoms with E-state index in [0.717, 1.165) is 38.1 Å². The summed E-state index contributed by atoms with van der Waals surface area (Å²) in [5, 5.41) is 11.5. The first kappa shape index (κ1) is 14.9. The largest absolute Gasteiger partial charge is 0.494 e. The summed E-state index contributed by atoms with van der Waals surface area (Å²) in [6, 6.07) is 14.0. The SMILES string of the molecule is O=C(O)C1CCCN1CCCOc1ccc2ccccc2c1. The van der Waals surface area contributed by atoms with Crippen LogP contribution in [0.5, 0.6) is 5.75 Å². The molecule has 2 aromatic rings. The fraction of sp³-hybridized carbons (Fsp3) is 0.389. The molecular formula is C18H21NO3. The first-order chi connectivity index (χ1) is 10.7. The molecule has 1 atom stereocenters. The predicted molar refractivity (Wildman–Crippen MR) is 86.3 cm³/mol. The number of aliphatic carboxylic acids is 1. The Morgan fingerprint density at radius 2 is 2.05 bits per heavy atom. The standard InChI is InChI=1S/C18H21NO3/c20-18(21)17-7-3-10-19(17)11-4-12-22-16-9-8-14-5-1-2-6-15(14)13-16/h1-2,5-6,8-9,13,17H,3-4,7,10-12H2,(H,20,21). The van der Waals surface area contributed by atoms with Gasteiger partial charge in [0, 0.05) is 6.54 Å². The summed E-state index contributed by atoms with van der Waals surface area (Å²) >= 11 is 0. The zero-order chi connectivity index (χ0) is 15.4. The minimum Gasteiger partial charge on any atom is -0.494 e. The van der Waals surface area contributed by atoms with Crippen LogP contribution in [0.4, 0.5) is 0 Å². The van der Waals surface area contributed by atoms with Crippen molar-refractivity contribution in [3.8, 4) is 5.75 Å². The number of hydrogen-bond donors (Lipinski definition) is 1. The molecule has 0 bridgehead atoms. The summed E-state index contributed by atoms with van der Waals surface area (Å²) in [4.78, 5) is 13.2. The van der Waals surface area contributed by atoms with Gasteiger partial charge in [0.05, 0.1) is 6.61 Å². The number of carboxylic acids is 1. The van der Waals surface area contributed by atoms with E-state index in [0.29, 0.717) is 6.61 Å². The second kappa shape index (κ2) is 6.79. The zero-order valence-corrected chi connectivity index (χ0v) is 12.6. The summed E-state index contributed by atoms with van der Waals surface area (Å²) in [5.74, 6) is 0.169. The second-order valence-corrected chi connectivity index (χ2v) is 5.74. The first-order valence-electron chi connectivity index (χ1n) is 7.82. The lowest BCUT2D eigenvalue weighted by Crippen LogP contribution is -2.36. The Bertz CT molecular complexity index is 656. The Morgan fingerprint density at radius 1 is 1.23 bits per heavy atom. The summed E-state index contributed by atoms with van der Waals surface area (Å²) < 4.78 is 5.80. The van der Waals surface area contributed by atoms with Crippen LogP contribution in [0.1, 0.15) is 19.3 Å². The average molecular weight is 299 g/mol. The molecule has 1 aliphatic rings. The van der Waals surface area contributed by atoms with Crippen molar-refractivity contribution in [3.63, 3.8) is 0 Å².